The van der Waals surface area contributed by atoms with Gasteiger partial charge in [0, 0.05) is 38.6 Å². The van der Waals surface area contributed by atoms with Crippen LogP contribution >= 0.6 is 0 Å². The molecule has 0 amide bonds. The highest BCUT2D eigenvalue weighted by Crippen LogP contribution is 2.25. The van der Waals surface area contributed by atoms with Crippen LogP contribution in [0.1, 0.15) is 11.1 Å². The molecule has 6 heteroatoms. The predicted molar refractivity (Wildman–Crippen MR) is 82.1 cm³/mol. The van der Waals surface area contributed by atoms with Crippen LogP contribution in [-0.2, 0) is 13.1 Å². The lowest BCUT2D eigenvalue weighted by Crippen LogP contribution is -2.17. The first-order valence-corrected chi connectivity index (χ1v) is 6.62. The van der Waals surface area contributed by atoms with Crippen molar-refractivity contribution in [1.29, 1.82) is 0 Å². The van der Waals surface area contributed by atoms with Crippen LogP contribution in [-0.4, -0.2) is 28.9 Å². The molecule has 0 spiro atoms. The number of benzene rings is 1. The Kier molecular flexibility index (Phi) is 4.84. The van der Waals surface area contributed by atoms with Crippen LogP contribution in [0.25, 0.3) is 0 Å². The SMILES string of the molecule is CNc1ccc(CN(C)Cc2ccncc2)cc1[N+](=O)[O-]. The van der Waals surface area contributed by atoms with E-state index in [4.69, 9.17) is 0 Å². The summed E-state index contributed by atoms with van der Waals surface area (Å²) in [6.45, 7) is 1.41. The average molecular weight is 286 g/mol. The normalized spacial score (nSPS) is 10.6. The molecule has 0 saturated heterocycles. The zero-order valence-corrected chi connectivity index (χ0v) is 12.1. The molecule has 0 unspecified atom stereocenters. The number of nitro groups is 1. The van der Waals surface area contributed by atoms with Gasteiger partial charge in [0.05, 0.1) is 4.92 Å². The zero-order chi connectivity index (χ0) is 15.2. The van der Waals surface area contributed by atoms with Gasteiger partial charge in [-0.25, -0.2) is 0 Å². The van der Waals surface area contributed by atoms with Gasteiger partial charge in [-0.2, -0.15) is 0 Å². The number of anilines is 1. The van der Waals surface area contributed by atoms with Crippen LogP contribution in [0.15, 0.2) is 42.7 Å². The van der Waals surface area contributed by atoms with Crippen LogP contribution in [0.4, 0.5) is 11.4 Å². The lowest BCUT2D eigenvalue weighted by molar-refractivity contribution is -0.384. The lowest BCUT2D eigenvalue weighted by atomic mass is 10.1. The van der Waals surface area contributed by atoms with E-state index in [1.165, 1.54) is 0 Å². The third-order valence-corrected chi connectivity index (χ3v) is 3.18. The van der Waals surface area contributed by atoms with Crippen molar-refractivity contribution in [2.75, 3.05) is 19.4 Å². The van der Waals surface area contributed by atoms with Gasteiger partial charge < -0.3 is 5.32 Å². The summed E-state index contributed by atoms with van der Waals surface area (Å²) in [6, 6.07) is 9.19. The van der Waals surface area contributed by atoms with E-state index in [1.54, 1.807) is 31.6 Å². The number of nitro benzene ring substituents is 1. The van der Waals surface area contributed by atoms with Gasteiger partial charge in [0.2, 0.25) is 0 Å². The molecule has 0 fully saturated rings. The van der Waals surface area contributed by atoms with Gasteiger partial charge in [0.15, 0.2) is 0 Å². The molecular formula is C15H18N4O2. The Bertz CT molecular complexity index is 616. The fraction of sp³-hybridized carbons (Fsp3) is 0.267. The fourth-order valence-corrected chi connectivity index (χ4v) is 2.21. The van der Waals surface area contributed by atoms with Crippen molar-refractivity contribution in [3.05, 3.63) is 64.0 Å². The molecule has 1 aromatic carbocycles. The summed E-state index contributed by atoms with van der Waals surface area (Å²) in [5.41, 5.74) is 2.71. The van der Waals surface area contributed by atoms with Gasteiger partial charge in [-0.05, 0) is 36.4 Å². The summed E-state index contributed by atoms with van der Waals surface area (Å²) >= 11 is 0. The molecule has 2 aromatic rings. The molecule has 1 N–H and O–H groups in total. The molecule has 1 heterocycles. The highest BCUT2D eigenvalue weighted by molar-refractivity contribution is 5.62. The van der Waals surface area contributed by atoms with Gasteiger partial charge in [0.25, 0.3) is 5.69 Å². The minimum absolute atomic E-state index is 0.104. The number of hydrogen-bond donors (Lipinski definition) is 1. The Hall–Kier alpha value is -2.47. The molecule has 0 aliphatic carbocycles. The maximum atomic E-state index is 11.1. The van der Waals surface area contributed by atoms with Crippen LogP contribution in [0, 0.1) is 10.1 Å². The van der Waals surface area contributed by atoms with Gasteiger partial charge in [-0.3, -0.25) is 20.0 Å². The molecule has 2 rings (SSSR count). The second kappa shape index (κ2) is 6.81. The fourth-order valence-electron chi connectivity index (χ4n) is 2.21. The number of pyridine rings is 1. The first-order chi connectivity index (χ1) is 10.1. The van der Waals surface area contributed by atoms with Gasteiger partial charge >= 0.3 is 0 Å². The number of aromatic nitrogens is 1. The summed E-state index contributed by atoms with van der Waals surface area (Å²) in [6.07, 6.45) is 3.52. The van der Waals surface area contributed by atoms with Gasteiger partial charge in [-0.1, -0.05) is 6.07 Å². The summed E-state index contributed by atoms with van der Waals surface area (Å²) in [7, 11) is 3.66. The van der Waals surface area contributed by atoms with Crippen molar-refractivity contribution < 1.29 is 4.92 Å². The molecule has 0 aliphatic rings. The number of nitrogens with zero attached hydrogens (tertiary/aromatic N) is 3. The standard InChI is InChI=1S/C15H18N4O2/c1-16-14-4-3-13(9-15(14)19(20)21)11-18(2)10-12-5-7-17-8-6-12/h3-9,16H,10-11H2,1-2H3. The summed E-state index contributed by atoms with van der Waals surface area (Å²) in [5.74, 6) is 0. The Morgan fingerprint density at radius 2 is 1.86 bits per heavy atom. The minimum atomic E-state index is -0.363. The average Bonchev–Trinajstić information content (AvgIpc) is 2.48. The molecular weight excluding hydrogens is 268 g/mol. The summed E-state index contributed by atoms with van der Waals surface area (Å²) in [4.78, 5) is 16.8. The molecule has 21 heavy (non-hydrogen) atoms. The number of nitrogens with one attached hydrogen (secondary N) is 1. The number of hydrogen-bond acceptors (Lipinski definition) is 5. The topological polar surface area (TPSA) is 71.3 Å². The molecule has 0 radical (unpaired) electrons. The van der Waals surface area contributed by atoms with Crippen molar-refractivity contribution in [1.82, 2.24) is 9.88 Å². The Morgan fingerprint density at radius 1 is 1.19 bits per heavy atom. The molecule has 0 atom stereocenters. The van der Waals surface area contributed by atoms with E-state index in [0.717, 1.165) is 17.7 Å². The van der Waals surface area contributed by atoms with Gasteiger partial charge in [0.1, 0.15) is 5.69 Å². The van der Waals surface area contributed by atoms with E-state index in [0.29, 0.717) is 12.2 Å². The lowest BCUT2D eigenvalue weighted by Gasteiger charge is -2.17. The maximum absolute atomic E-state index is 11.1. The third kappa shape index (κ3) is 4.00. The first-order valence-electron chi connectivity index (χ1n) is 6.62. The van der Waals surface area contributed by atoms with E-state index in [1.807, 2.05) is 25.2 Å². The number of rotatable bonds is 6. The molecule has 0 bridgehead atoms. The maximum Gasteiger partial charge on any atom is 0.292 e. The molecule has 0 aliphatic heterocycles. The van der Waals surface area contributed by atoms with Crippen LogP contribution < -0.4 is 5.32 Å². The van der Waals surface area contributed by atoms with E-state index in [-0.39, 0.29) is 10.6 Å². The third-order valence-electron chi connectivity index (χ3n) is 3.18. The second-order valence-electron chi connectivity index (χ2n) is 4.89. The molecule has 1 aromatic heterocycles. The minimum Gasteiger partial charge on any atom is -0.383 e. The van der Waals surface area contributed by atoms with Crippen LogP contribution in [0.5, 0.6) is 0 Å². The van der Waals surface area contributed by atoms with Crippen molar-refractivity contribution >= 4 is 11.4 Å². The van der Waals surface area contributed by atoms with Crippen LogP contribution in [0.3, 0.4) is 0 Å². The quantitative estimate of drug-likeness (QED) is 0.653. The van der Waals surface area contributed by atoms with E-state index in [9.17, 15) is 10.1 Å². The highest BCUT2D eigenvalue weighted by atomic mass is 16.6. The van der Waals surface area contributed by atoms with Gasteiger partial charge in [-0.15, -0.1) is 0 Å². The van der Waals surface area contributed by atoms with E-state index < -0.39 is 0 Å². The Balaban J connectivity index is 2.09. The van der Waals surface area contributed by atoms with Crippen molar-refractivity contribution in [2.45, 2.75) is 13.1 Å². The second-order valence-corrected chi connectivity index (χ2v) is 4.89. The van der Waals surface area contributed by atoms with Crippen molar-refractivity contribution in [3.63, 3.8) is 0 Å². The van der Waals surface area contributed by atoms with E-state index in [2.05, 4.69) is 15.2 Å². The Morgan fingerprint density at radius 3 is 2.48 bits per heavy atom. The first kappa shape index (κ1) is 14.9. The molecule has 0 saturated carbocycles. The largest absolute Gasteiger partial charge is 0.383 e. The Labute approximate surface area is 123 Å². The zero-order valence-electron chi connectivity index (χ0n) is 12.1. The summed E-state index contributed by atoms with van der Waals surface area (Å²) < 4.78 is 0. The molecule has 110 valence electrons. The molecule has 6 nitrogen and oxygen atoms in total. The highest BCUT2D eigenvalue weighted by Gasteiger charge is 2.14. The summed E-state index contributed by atoms with van der Waals surface area (Å²) in [5, 5.41) is 13.9. The van der Waals surface area contributed by atoms with E-state index >= 15 is 0 Å². The monoisotopic (exact) mass is 286 g/mol. The predicted octanol–water partition coefficient (Wildman–Crippen LogP) is 2.66. The van der Waals surface area contributed by atoms with Crippen molar-refractivity contribution in [2.24, 2.45) is 0 Å². The smallest absolute Gasteiger partial charge is 0.292 e. The van der Waals surface area contributed by atoms with Crippen LogP contribution in [0.2, 0.25) is 0 Å². The van der Waals surface area contributed by atoms with Crippen molar-refractivity contribution in [3.8, 4) is 0 Å².